The molecule has 0 heterocycles. The van der Waals surface area contributed by atoms with Crippen molar-refractivity contribution in [2.24, 2.45) is 0 Å². The highest BCUT2D eigenvalue weighted by molar-refractivity contribution is 7.89. The standard InChI is InChI=1S/C23H22Cl2N2O3S/c1-2-17-8-6-7-11-22(17)26-23(28)16-27(15-18-12-13-19(24)14-21(18)25)31(29,30)20-9-4-3-5-10-20/h3-14H,2,15-16H2,1H3,(H,26,28). The summed E-state index contributed by atoms with van der Waals surface area (Å²) in [6, 6.07) is 20.3. The second-order valence-electron chi connectivity index (χ2n) is 6.88. The summed E-state index contributed by atoms with van der Waals surface area (Å²) in [6.07, 6.45) is 0.739. The highest BCUT2D eigenvalue weighted by Gasteiger charge is 2.27. The molecule has 1 amide bonds. The van der Waals surface area contributed by atoms with E-state index < -0.39 is 15.9 Å². The van der Waals surface area contributed by atoms with Gasteiger partial charge >= 0.3 is 0 Å². The summed E-state index contributed by atoms with van der Waals surface area (Å²) in [5.74, 6) is -0.439. The van der Waals surface area contributed by atoms with Gasteiger partial charge in [0.15, 0.2) is 0 Å². The first kappa shape index (κ1) is 23.3. The molecule has 0 unspecified atom stereocenters. The smallest absolute Gasteiger partial charge is 0.243 e. The maximum atomic E-state index is 13.3. The van der Waals surface area contributed by atoms with Crippen molar-refractivity contribution in [3.05, 3.63) is 94.0 Å². The molecule has 0 aliphatic carbocycles. The normalized spacial score (nSPS) is 11.5. The summed E-state index contributed by atoms with van der Waals surface area (Å²) >= 11 is 12.2. The molecule has 5 nitrogen and oxygen atoms in total. The molecule has 3 aromatic rings. The molecule has 1 N–H and O–H groups in total. The van der Waals surface area contributed by atoms with Crippen molar-refractivity contribution >= 4 is 44.8 Å². The van der Waals surface area contributed by atoms with Crippen molar-refractivity contribution in [1.82, 2.24) is 4.31 Å². The average molecular weight is 477 g/mol. The van der Waals surface area contributed by atoms with Crippen molar-refractivity contribution in [3.63, 3.8) is 0 Å². The number of sulfonamides is 1. The van der Waals surface area contributed by atoms with E-state index in [1.165, 1.54) is 12.1 Å². The minimum atomic E-state index is -3.95. The lowest BCUT2D eigenvalue weighted by molar-refractivity contribution is -0.116. The van der Waals surface area contributed by atoms with E-state index >= 15 is 0 Å². The molecule has 31 heavy (non-hydrogen) atoms. The molecular formula is C23H22Cl2N2O3S. The Labute approximate surface area is 192 Å². The van der Waals surface area contributed by atoms with Crippen molar-refractivity contribution in [1.29, 1.82) is 0 Å². The third-order valence-electron chi connectivity index (χ3n) is 4.74. The third kappa shape index (κ3) is 5.86. The second kappa shape index (κ2) is 10.3. The highest BCUT2D eigenvalue weighted by Crippen LogP contribution is 2.25. The Balaban J connectivity index is 1.91. The molecule has 3 rings (SSSR count). The summed E-state index contributed by atoms with van der Waals surface area (Å²) in [5.41, 5.74) is 2.18. The number of carbonyl (C=O) groups is 1. The fourth-order valence-electron chi connectivity index (χ4n) is 3.11. The lowest BCUT2D eigenvalue weighted by Gasteiger charge is -2.23. The molecule has 0 bridgehead atoms. The number of para-hydroxylation sites is 1. The van der Waals surface area contributed by atoms with Gasteiger partial charge < -0.3 is 5.32 Å². The van der Waals surface area contributed by atoms with Gasteiger partial charge in [-0.15, -0.1) is 0 Å². The van der Waals surface area contributed by atoms with Crippen LogP contribution in [0.1, 0.15) is 18.1 Å². The highest BCUT2D eigenvalue weighted by atomic mass is 35.5. The van der Waals surface area contributed by atoms with Gasteiger partial charge in [-0.2, -0.15) is 4.31 Å². The Morgan fingerprint density at radius 2 is 1.61 bits per heavy atom. The van der Waals surface area contributed by atoms with Gasteiger partial charge in [0.25, 0.3) is 0 Å². The zero-order valence-electron chi connectivity index (χ0n) is 16.9. The summed E-state index contributed by atoms with van der Waals surface area (Å²) < 4.78 is 27.7. The molecule has 0 aromatic heterocycles. The van der Waals surface area contributed by atoms with E-state index in [0.717, 1.165) is 16.3 Å². The maximum Gasteiger partial charge on any atom is 0.243 e. The zero-order valence-corrected chi connectivity index (χ0v) is 19.2. The van der Waals surface area contributed by atoms with Crippen LogP contribution in [0.25, 0.3) is 0 Å². The molecule has 0 spiro atoms. The van der Waals surface area contributed by atoms with Crippen LogP contribution >= 0.6 is 23.2 Å². The van der Waals surface area contributed by atoms with Crippen LogP contribution in [0.5, 0.6) is 0 Å². The van der Waals surface area contributed by atoms with Crippen molar-refractivity contribution in [3.8, 4) is 0 Å². The Morgan fingerprint density at radius 1 is 0.935 bits per heavy atom. The van der Waals surface area contributed by atoms with Crippen LogP contribution in [0.3, 0.4) is 0 Å². The fraction of sp³-hybridized carbons (Fsp3) is 0.174. The largest absolute Gasteiger partial charge is 0.325 e. The van der Waals surface area contributed by atoms with Gasteiger partial charge in [-0.1, -0.05) is 72.6 Å². The molecule has 0 atom stereocenters. The molecule has 8 heteroatoms. The molecule has 0 radical (unpaired) electrons. The topological polar surface area (TPSA) is 66.5 Å². The van der Waals surface area contributed by atoms with Gasteiger partial charge in [0.05, 0.1) is 11.4 Å². The monoisotopic (exact) mass is 476 g/mol. The Kier molecular flexibility index (Phi) is 7.73. The minimum absolute atomic E-state index is 0.0733. The Hall–Kier alpha value is -2.38. The maximum absolute atomic E-state index is 13.3. The number of nitrogens with one attached hydrogen (secondary N) is 1. The van der Waals surface area contributed by atoms with E-state index in [2.05, 4.69) is 5.32 Å². The molecule has 0 aliphatic rings. The predicted octanol–water partition coefficient (Wildman–Crippen LogP) is 5.39. The molecule has 0 saturated carbocycles. The van der Waals surface area contributed by atoms with Gasteiger partial charge in [-0.3, -0.25) is 4.79 Å². The number of hydrogen-bond donors (Lipinski definition) is 1. The first-order valence-electron chi connectivity index (χ1n) is 9.68. The van der Waals surface area contributed by atoms with Crippen LogP contribution in [-0.4, -0.2) is 25.2 Å². The predicted molar refractivity (Wildman–Crippen MR) is 125 cm³/mol. The SMILES string of the molecule is CCc1ccccc1NC(=O)CN(Cc1ccc(Cl)cc1Cl)S(=O)(=O)c1ccccc1. The number of anilines is 1. The molecule has 0 fully saturated rings. The Morgan fingerprint density at radius 3 is 2.29 bits per heavy atom. The number of benzene rings is 3. The molecule has 0 saturated heterocycles. The van der Waals surface area contributed by atoms with Crippen LogP contribution in [0, 0.1) is 0 Å². The van der Waals surface area contributed by atoms with Gasteiger partial charge in [-0.05, 0) is 47.9 Å². The molecular weight excluding hydrogens is 455 g/mol. The summed E-state index contributed by atoms with van der Waals surface area (Å²) in [4.78, 5) is 12.9. The van der Waals surface area contributed by atoms with Crippen molar-refractivity contribution in [2.45, 2.75) is 24.8 Å². The van der Waals surface area contributed by atoms with Crippen LogP contribution < -0.4 is 5.32 Å². The molecule has 3 aromatic carbocycles. The van der Waals surface area contributed by atoms with Crippen molar-refractivity contribution < 1.29 is 13.2 Å². The number of amides is 1. The number of rotatable bonds is 8. The molecule has 162 valence electrons. The van der Waals surface area contributed by atoms with Gasteiger partial charge in [-0.25, -0.2) is 8.42 Å². The number of carbonyl (C=O) groups excluding carboxylic acids is 1. The molecule has 0 aliphatic heterocycles. The lowest BCUT2D eigenvalue weighted by atomic mass is 10.1. The second-order valence-corrected chi connectivity index (χ2v) is 9.66. The third-order valence-corrected chi connectivity index (χ3v) is 7.13. The van der Waals surface area contributed by atoms with Gasteiger partial charge in [0.2, 0.25) is 15.9 Å². The summed E-state index contributed by atoms with van der Waals surface area (Å²) in [7, 11) is -3.95. The number of aryl methyl sites for hydroxylation is 1. The summed E-state index contributed by atoms with van der Waals surface area (Å²) in [5, 5.41) is 3.60. The van der Waals surface area contributed by atoms with E-state index in [4.69, 9.17) is 23.2 Å². The summed E-state index contributed by atoms with van der Waals surface area (Å²) in [6.45, 7) is 1.55. The van der Waals surface area contributed by atoms with Crippen molar-refractivity contribution in [2.75, 3.05) is 11.9 Å². The number of nitrogens with zero attached hydrogens (tertiary/aromatic N) is 1. The van der Waals surface area contributed by atoms with Crippen LogP contribution in [0.2, 0.25) is 10.0 Å². The van der Waals surface area contributed by atoms with Crippen LogP contribution in [0.4, 0.5) is 5.69 Å². The average Bonchev–Trinajstić information content (AvgIpc) is 2.76. The van der Waals surface area contributed by atoms with E-state index in [0.29, 0.717) is 21.3 Å². The number of halogens is 2. The van der Waals surface area contributed by atoms with E-state index in [1.807, 2.05) is 25.1 Å². The quantitative estimate of drug-likeness (QED) is 0.474. The van der Waals surface area contributed by atoms with Crippen LogP contribution in [-0.2, 0) is 27.8 Å². The van der Waals surface area contributed by atoms with Crippen LogP contribution in [0.15, 0.2) is 77.7 Å². The van der Waals surface area contributed by atoms with E-state index in [9.17, 15) is 13.2 Å². The Bertz CT molecular complexity index is 1170. The van der Waals surface area contributed by atoms with E-state index in [-0.39, 0.29) is 18.0 Å². The fourth-order valence-corrected chi connectivity index (χ4v) is 4.97. The zero-order chi connectivity index (χ0) is 22.4. The van der Waals surface area contributed by atoms with Gasteiger partial charge in [0, 0.05) is 22.3 Å². The number of hydrogen-bond acceptors (Lipinski definition) is 3. The lowest BCUT2D eigenvalue weighted by Crippen LogP contribution is -2.37. The first-order chi connectivity index (χ1) is 14.8. The van der Waals surface area contributed by atoms with E-state index in [1.54, 1.807) is 42.5 Å². The minimum Gasteiger partial charge on any atom is -0.325 e. The van der Waals surface area contributed by atoms with Gasteiger partial charge in [0.1, 0.15) is 0 Å². The first-order valence-corrected chi connectivity index (χ1v) is 11.9.